The number of nitrogens with one attached hydrogen (secondary N) is 1. The first kappa shape index (κ1) is 14.6. The minimum atomic E-state index is -0.0194. The van der Waals surface area contributed by atoms with E-state index in [9.17, 15) is 4.79 Å². The van der Waals surface area contributed by atoms with Crippen LogP contribution in [0.2, 0.25) is 0 Å². The zero-order chi connectivity index (χ0) is 15.9. The van der Waals surface area contributed by atoms with Gasteiger partial charge in [-0.3, -0.25) is 4.79 Å². The van der Waals surface area contributed by atoms with Crippen molar-refractivity contribution < 1.29 is 4.74 Å². The molecule has 1 aromatic heterocycles. The van der Waals surface area contributed by atoms with Crippen molar-refractivity contribution in [2.75, 3.05) is 6.61 Å². The highest BCUT2D eigenvalue weighted by Crippen LogP contribution is 2.49. The summed E-state index contributed by atoms with van der Waals surface area (Å²) in [6.07, 6.45) is 5.53. The number of hydrogen-bond acceptors (Lipinski definition) is 3. The van der Waals surface area contributed by atoms with Gasteiger partial charge in [0.05, 0.1) is 11.3 Å². The van der Waals surface area contributed by atoms with Crippen LogP contribution < -0.4 is 5.56 Å². The average Bonchev–Trinajstić information content (AvgIpc) is 3.01. The van der Waals surface area contributed by atoms with Gasteiger partial charge in [0, 0.05) is 17.6 Å². The summed E-state index contributed by atoms with van der Waals surface area (Å²) in [6.45, 7) is 2.91. The second-order valence-electron chi connectivity index (χ2n) is 6.69. The van der Waals surface area contributed by atoms with Crippen LogP contribution in [0.4, 0.5) is 0 Å². The molecule has 0 bridgehead atoms. The van der Waals surface area contributed by atoms with Crippen LogP contribution in [-0.2, 0) is 23.2 Å². The van der Waals surface area contributed by atoms with E-state index in [1.54, 1.807) is 0 Å². The van der Waals surface area contributed by atoms with Crippen molar-refractivity contribution in [2.45, 2.75) is 51.0 Å². The Kier molecular flexibility index (Phi) is 3.57. The summed E-state index contributed by atoms with van der Waals surface area (Å²) in [6, 6.07) is 8.39. The third-order valence-corrected chi connectivity index (χ3v) is 5.30. The second kappa shape index (κ2) is 5.60. The molecule has 0 saturated heterocycles. The third-order valence-electron chi connectivity index (χ3n) is 5.30. The summed E-state index contributed by atoms with van der Waals surface area (Å²) in [7, 11) is 0. The molecule has 1 saturated carbocycles. The summed E-state index contributed by atoms with van der Waals surface area (Å²) < 4.78 is 5.44. The Hall–Kier alpha value is -1.94. The van der Waals surface area contributed by atoms with Gasteiger partial charge in [-0.15, -0.1) is 0 Å². The van der Waals surface area contributed by atoms with Crippen molar-refractivity contribution in [3.8, 4) is 11.3 Å². The van der Waals surface area contributed by atoms with Crippen LogP contribution in [0, 0.1) is 0 Å². The summed E-state index contributed by atoms with van der Waals surface area (Å²) in [4.78, 5) is 20.6. The van der Waals surface area contributed by atoms with Crippen LogP contribution in [0.1, 0.15) is 49.6 Å². The zero-order valence-electron chi connectivity index (χ0n) is 13.5. The number of nitrogens with zero attached hydrogens (tertiary/aromatic N) is 1. The van der Waals surface area contributed by atoms with Gasteiger partial charge >= 0.3 is 0 Å². The van der Waals surface area contributed by atoms with Crippen molar-refractivity contribution in [1.29, 1.82) is 0 Å². The number of H-pyrrole nitrogens is 1. The maximum Gasteiger partial charge on any atom is 0.255 e. The normalized spacial score (nSPS) is 18.0. The fourth-order valence-electron chi connectivity index (χ4n) is 4.31. The van der Waals surface area contributed by atoms with E-state index in [4.69, 9.17) is 9.72 Å². The number of aromatic nitrogens is 2. The SMILES string of the molecule is CCOCc1nc2c(c(=O)[nH]1)C1(CCCC1)Cc1ccccc1-2. The highest BCUT2D eigenvalue weighted by molar-refractivity contribution is 5.71. The van der Waals surface area contributed by atoms with E-state index in [1.807, 2.05) is 13.0 Å². The number of ether oxygens (including phenoxy) is 1. The summed E-state index contributed by atoms with van der Waals surface area (Å²) in [5, 5.41) is 0. The van der Waals surface area contributed by atoms with E-state index < -0.39 is 0 Å². The molecule has 1 aromatic carbocycles. The van der Waals surface area contributed by atoms with Crippen LogP contribution in [0.3, 0.4) is 0 Å². The first-order valence-electron chi connectivity index (χ1n) is 8.53. The van der Waals surface area contributed by atoms with Crippen LogP contribution in [0.25, 0.3) is 11.3 Å². The fourth-order valence-corrected chi connectivity index (χ4v) is 4.31. The molecule has 1 spiro atoms. The Bertz CT molecular complexity index is 788. The maximum absolute atomic E-state index is 12.9. The van der Waals surface area contributed by atoms with Gasteiger partial charge in [0.2, 0.25) is 0 Å². The Labute approximate surface area is 135 Å². The lowest BCUT2D eigenvalue weighted by atomic mass is 9.68. The Balaban J connectivity index is 1.93. The highest BCUT2D eigenvalue weighted by atomic mass is 16.5. The van der Waals surface area contributed by atoms with Crippen LogP contribution in [0.15, 0.2) is 29.1 Å². The fraction of sp³-hybridized carbons (Fsp3) is 0.474. The van der Waals surface area contributed by atoms with Crippen molar-refractivity contribution in [2.24, 2.45) is 0 Å². The Morgan fingerprint density at radius 2 is 2.04 bits per heavy atom. The Morgan fingerprint density at radius 3 is 2.83 bits per heavy atom. The van der Waals surface area contributed by atoms with Gasteiger partial charge in [-0.1, -0.05) is 37.1 Å². The van der Waals surface area contributed by atoms with Crippen LogP contribution in [-0.4, -0.2) is 16.6 Å². The molecule has 1 N–H and O–H groups in total. The molecule has 0 unspecified atom stereocenters. The Morgan fingerprint density at radius 1 is 1.26 bits per heavy atom. The molecular weight excluding hydrogens is 288 g/mol. The molecule has 2 aliphatic rings. The second-order valence-corrected chi connectivity index (χ2v) is 6.69. The summed E-state index contributed by atoms with van der Waals surface area (Å²) >= 11 is 0. The monoisotopic (exact) mass is 310 g/mol. The lowest BCUT2D eigenvalue weighted by Crippen LogP contribution is -2.37. The lowest BCUT2D eigenvalue weighted by molar-refractivity contribution is 0.128. The topological polar surface area (TPSA) is 55.0 Å². The van der Waals surface area contributed by atoms with Crippen molar-refractivity contribution in [3.05, 3.63) is 51.6 Å². The first-order valence-corrected chi connectivity index (χ1v) is 8.53. The van der Waals surface area contributed by atoms with Crippen molar-refractivity contribution in [1.82, 2.24) is 9.97 Å². The standard InChI is InChI=1S/C19H22N2O2/c1-2-23-12-15-20-17-14-8-4-3-7-13(14)11-19(9-5-6-10-19)16(17)18(22)21-15/h3-4,7-8H,2,5-6,9-12H2,1H3,(H,20,21,22). The summed E-state index contributed by atoms with van der Waals surface area (Å²) in [5.41, 5.74) is 4.24. The molecule has 0 amide bonds. The molecule has 1 fully saturated rings. The molecule has 120 valence electrons. The smallest absolute Gasteiger partial charge is 0.255 e. The zero-order valence-corrected chi connectivity index (χ0v) is 13.5. The number of rotatable bonds is 3. The third kappa shape index (κ3) is 2.32. The van der Waals surface area contributed by atoms with Gasteiger partial charge < -0.3 is 9.72 Å². The predicted molar refractivity (Wildman–Crippen MR) is 89.5 cm³/mol. The van der Waals surface area contributed by atoms with Crippen LogP contribution >= 0.6 is 0 Å². The van der Waals surface area contributed by atoms with Gasteiger partial charge in [-0.2, -0.15) is 0 Å². The number of aromatic amines is 1. The van der Waals surface area contributed by atoms with E-state index in [1.165, 1.54) is 18.4 Å². The van der Waals surface area contributed by atoms with Gasteiger partial charge in [-0.05, 0) is 31.7 Å². The molecule has 23 heavy (non-hydrogen) atoms. The maximum atomic E-state index is 12.9. The molecule has 0 atom stereocenters. The number of benzene rings is 1. The molecule has 4 rings (SSSR count). The van der Waals surface area contributed by atoms with E-state index in [-0.39, 0.29) is 11.0 Å². The minimum absolute atomic E-state index is 0.0194. The van der Waals surface area contributed by atoms with Crippen LogP contribution in [0.5, 0.6) is 0 Å². The molecule has 4 heteroatoms. The van der Waals surface area contributed by atoms with Crippen molar-refractivity contribution >= 4 is 0 Å². The first-order chi connectivity index (χ1) is 11.2. The molecule has 2 aliphatic carbocycles. The van der Waals surface area contributed by atoms with Gasteiger partial charge in [0.1, 0.15) is 12.4 Å². The molecule has 0 radical (unpaired) electrons. The van der Waals surface area contributed by atoms with E-state index in [2.05, 4.69) is 23.2 Å². The van der Waals surface area contributed by atoms with E-state index in [0.29, 0.717) is 19.0 Å². The van der Waals surface area contributed by atoms with Crippen molar-refractivity contribution in [3.63, 3.8) is 0 Å². The van der Waals surface area contributed by atoms with E-state index >= 15 is 0 Å². The largest absolute Gasteiger partial charge is 0.374 e. The van der Waals surface area contributed by atoms with Gasteiger partial charge in [0.15, 0.2) is 0 Å². The number of hydrogen-bond donors (Lipinski definition) is 1. The lowest BCUT2D eigenvalue weighted by Gasteiger charge is -2.35. The molecule has 0 aliphatic heterocycles. The highest BCUT2D eigenvalue weighted by Gasteiger charge is 2.43. The molecule has 4 nitrogen and oxygen atoms in total. The quantitative estimate of drug-likeness (QED) is 0.946. The summed E-state index contributed by atoms with van der Waals surface area (Å²) in [5.74, 6) is 0.625. The average molecular weight is 310 g/mol. The minimum Gasteiger partial charge on any atom is -0.374 e. The predicted octanol–water partition coefficient (Wildman–Crippen LogP) is 3.34. The molecule has 1 heterocycles. The number of fused-ring (bicyclic) bond motifs is 4. The van der Waals surface area contributed by atoms with Gasteiger partial charge in [0.25, 0.3) is 5.56 Å². The molecule has 2 aromatic rings. The molecular formula is C19H22N2O2. The van der Waals surface area contributed by atoms with E-state index in [0.717, 1.165) is 36.1 Å². The van der Waals surface area contributed by atoms with Gasteiger partial charge in [-0.25, -0.2) is 4.98 Å².